The summed E-state index contributed by atoms with van der Waals surface area (Å²) in [5.74, 6) is 0.970. The molecule has 1 aromatic carbocycles. The zero-order chi connectivity index (χ0) is 13.4. The van der Waals surface area contributed by atoms with Gasteiger partial charge in [-0.2, -0.15) is 0 Å². The smallest absolute Gasteiger partial charge is 0.273 e. The summed E-state index contributed by atoms with van der Waals surface area (Å²) in [7, 11) is 0. The van der Waals surface area contributed by atoms with Gasteiger partial charge in [0.15, 0.2) is 0 Å². The molecule has 0 radical (unpaired) electrons. The van der Waals surface area contributed by atoms with Gasteiger partial charge in [0.1, 0.15) is 0 Å². The molecule has 2 aliphatic rings. The summed E-state index contributed by atoms with van der Waals surface area (Å²) in [6.07, 6.45) is 0.0700. The van der Waals surface area contributed by atoms with Gasteiger partial charge in [0, 0.05) is 30.8 Å². The molecule has 1 aliphatic carbocycles. The molecular formula is C13H16ClN3O3. The zero-order valence-corrected chi connectivity index (χ0v) is 11.6. The molecule has 1 aliphatic heterocycles. The van der Waals surface area contributed by atoms with E-state index in [1.54, 1.807) is 18.2 Å². The minimum atomic E-state index is -0.446. The van der Waals surface area contributed by atoms with Crippen molar-refractivity contribution in [1.29, 1.82) is 0 Å². The topological polar surface area (TPSA) is 84.3 Å². The van der Waals surface area contributed by atoms with Gasteiger partial charge in [0.2, 0.25) is 5.91 Å². The van der Waals surface area contributed by atoms with Crippen molar-refractivity contribution < 1.29 is 9.72 Å². The maximum Gasteiger partial charge on any atom is 0.273 e. The third-order valence-corrected chi connectivity index (χ3v) is 3.96. The van der Waals surface area contributed by atoms with Crippen LogP contribution < -0.4 is 10.6 Å². The molecule has 2 fully saturated rings. The van der Waals surface area contributed by atoms with Gasteiger partial charge in [-0.25, -0.2) is 0 Å². The second kappa shape index (κ2) is 5.76. The van der Waals surface area contributed by atoms with Crippen molar-refractivity contribution in [1.82, 2.24) is 10.6 Å². The third kappa shape index (κ3) is 2.76. The Morgan fingerprint density at radius 3 is 2.65 bits per heavy atom. The number of rotatable bonds is 4. The van der Waals surface area contributed by atoms with Gasteiger partial charge in [-0.05, 0) is 11.8 Å². The lowest BCUT2D eigenvalue weighted by molar-refractivity contribution is -0.385. The van der Waals surface area contributed by atoms with Gasteiger partial charge >= 0.3 is 0 Å². The van der Waals surface area contributed by atoms with E-state index in [-0.39, 0.29) is 36.5 Å². The molecule has 3 rings (SSSR count). The number of halogens is 1. The lowest BCUT2D eigenvalue weighted by Crippen LogP contribution is -2.33. The van der Waals surface area contributed by atoms with Crippen LogP contribution in [0.3, 0.4) is 0 Å². The standard InChI is InChI=1S/C13H15N3O3.ClH/c17-12(15-13-9-6-14-7-10(9)13)5-8-3-1-2-4-11(8)16(18)19;/h1-4,9-10,13-14H,5-7H2,(H,15,17);1H. The number of benzene rings is 1. The van der Waals surface area contributed by atoms with Gasteiger partial charge in [-0.3, -0.25) is 14.9 Å². The molecule has 2 atom stereocenters. The van der Waals surface area contributed by atoms with E-state index in [1.165, 1.54) is 6.07 Å². The van der Waals surface area contributed by atoms with E-state index in [2.05, 4.69) is 10.6 Å². The number of para-hydroxylation sites is 1. The number of nitrogens with zero attached hydrogens (tertiary/aromatic N) is 1. The van der Waals surface area contributed by atoms with Crippen molar-refractivity contribution in [2.45, 2.75) is 12.5 Å². The monoisotopic (exact) mass is 297 g/mol. The van der Waals surface area contributed by atoms with Gasteiger partial charge in [0.25, 0.3) is 5.69 Å². The lowest BCUT2D eigenvalue weighted by Gasteiger charge is -2.08. The van der Waals surface area contributed by atoms with Crippen LogP contribution in [0.1, 0.15) is 5.56 Å². The Labute approximate surface area is 122 Å². The summed E-state index contributed by atoms with van der Waals surface area (Å²) >= 11 is 0. The molecule has 1 amide bonds. The van der Waals surface area contributed by atoms with Gasteiger partial charge in [0.05, 0.1) is 11.3 Å². The van der Waals surface area contributed by atoms with Crippen molar-refractivity contribution in [3.63, 3.8) is 0 Å². The number of nitrogens with one attached hydrogen (secondary N) is 2. The highest BCUT2D eigenvalue weighted by molar-refractivity contribution is 5.85. The molecule has 20 heavy (non-hydrogen) atoms. The van der Waals surface area contributed by atoms with Crippen molar-refractivity contribution >= 4 is 24.0 Å². The van der Waals surface area contributed by atoms with Crippen molar-refractivity contribution in [2.24, 2.45) is 11.8 Å². The number of nitro groups is 1. The first-order valence-corrected chi connectivity index (χ1v) is 6.39. The Balaban J connectivity index is 0.00000147. The van der Waals surface area contributed by atoms with Crippen LogP contribution in [0.5, 0.6) is 0 Å². The third-order valence-electron chi connectivity index (χ3n) is 3.96. The van der Waals surface area contributed by atoms with Crippen LogP contribution in [0.2, 0.25) is 0 Å². The number of hydrogen-bond acceptors (Lipinski definition) is 4. The summed E-state index contributed by atoms with van der Waals surface area (Å²) < 4.78 is 0. The Hall–Kier alpha value is -1.66. The van der Waals surface area contributed by atoms with E-state index in [4.69, 9.17) is 0 Å². The highest BCUT2D eigenvalue weighted by Crippen LogP contribution is 2.41. The number of carbonyl (C=O) groups excluding carboxylic acids is 1. The molecule has 7 heteroatoms. The fraction of sp³-hybridized carbons (Fsp3) is 0.462. The summed E-state index contributed by atoms with van der Waals surface area (Å²) in [6.45, 7) is 1.92. The van der Waals surface area contributed by atoms with Crippen LogP contribution in [0.4, 0.5) is 5.69 Å². The van der Waals surface area contributed by atoms with Crippen LogP contribution >= 0.6 is 12.4 Å². The average Bonchev–Trinajstić information content (AvgIpc) is 2.83. The minimum Gasteiger partial charge on any atom is -0.352 e. The summed E-state index contributed by atoms with van der Waals surface area (Å²) in [6, 6.07) is 6.64. The van der Waals surface area contributed by atoms with Crippen LogP contribution in [-0.4, -0.2) is 30.0 Å². The molecule has 1 aromatic rings. The maximum atomic E-state index is 11.9. The SMILES string of the molecule is Cl.O=C(Cc1ccccc1[N+](=O)[O-])NC1C2CNCC21. The Morgan fingerprint density at radius 1 is 1.35 bits per heavy atom. The lowest BCUT2D eigenvalue weighted by atomic mass is 10.1. The molecule has 0 aromatic heterocycles. The maximum absolute atomic E-state index is 11.9. The van der Waals surface area contributed by atoms with Crippen molar-refractivity contribution in [3.05, 3.63) is 39.9 Å². The Bertz CT molecular complexity index is 527. The largest absolute Gasteiger partial charge is 0.352 e. The molecule has 1 heterocycles. The summed E-state index contributed by atoms with van der Waals surface area (Å²) in [5.41, 5.74) is 0.476. The quantitative estimate of drug-likeness (QED) is 0.638. The normalized spacial score (nSPS) is 26.3. The van der Waals surface area contributed by atoms with Crippen LogP contribution in [0.15, 0.2) is 24.3 Å². The van der Waals surface area contributed by atoms with Crippen molar-refractivity contribution in [3.8, 4) is 0 Å². The van der Waals surface area contributed by atoms with Gasteiger partial charge < -0.3 is 10.6 Å². The molecule has 6 nitrogen and oxygen atoms in total. The first-order valence-electron chi connectivity index (χ1n) is 6.39. The number of fused-ring (bicyclic) bond motifs is 1. The number of carbonyl (C=O) groups is 1. The zero-order valence-electron chi connectivity index (χ0n) is 10.7. The second-order valence-corrected chi connectivity index (χ2v) is 5.14. The highest BCUT2D eigenvalue weighted by Gasteiger charge is 2.53. The second-order valence-electron chi connectivity index (χ2n) is 5.14. The van der Waals surface area contributed by atoms with E-state index >= 15 is 0 Å². The first kappa shape index (κ1) is 14.7. The van der Waals surface area contributed by atoms with Crippen LogP contribution in [0, 0.1) is 22.0 Å². The predicted octanol–water partition coefficient (Wildman–Crippen LogP) is 0.893. The molecule has 0 spiro atoms. The molecule has 1 saturated carbocycles. The van der Waals surface area contributed by atoms with E-state index < -0.39 is 4.92 Å². The van der Waals surface area contributed by atoms with E-state index in [0.29, 0.717) is 17.4 Å². The minimum absolute atomic E-state index is 0. The molecule has 1 saturated heterocycles. The van der Waals surface area contributed by atoms with Crippen molar-refractivity contribution in [2.75, 3.05) is 13.1 Å². The van der Waals surface area contributed by atoms with E-state index in [9.17, 15) is 14.9 Å². The van der Waals surface area contributed by atoms with Crippen LogP contribution in [-0.2, 0) is 11.2 Å². The fourth-order valence-corrected chi connectivity index (χ4v) is 2.88. The summed E-state index contributed by atoms with van der Waals surface area (Å²) in [4.78, 5) is 22.3. The number of nitro benzene ring substituents is 1. The Morgan fingerprint density at radius 2 is 2.00 bits per heavy atom. The van der Waals surface area contributed by atoms with E-state index in [0.717, 1.165) is 13.1 Å². The first-order chi connectivity index (χ1) is 9.16. The van der Waals surface area contributed by atoms with Crippen LogP contribution in [0.25, 0.3) is 0 Å². The number of hydrogen-bond donors (Lipinski definition) is 2. The molecular weight excluding hydrogens is 282 g/mol. The van der Waals surface area contributed by atoms with Gasteiger partial charge in [-0.1, -0.05) is 18.2 Å². The molecule has 0 bridgehead atoms. The van der Waals surface area contributed by atoms with Gasteiger partial charge in [-0.15, -0.1) is 12.4 Å². The number of piperidine rings is 1. The summed E-state index contributed by atoms with van der Waals surface area (Å²) in [5, 5.41) is 17.1. The molecule has 2 N–H and O–H groups in total. The predicted molar refractivity (Wildman–Crippen MR) is 75.8 cm³/mol. The Kier molecular flexibility index (Phi) is 4.25. The van der Waals surface area contributed by atoms with E-state index in [1.807, 2.05) is 0 Å². The molecule has 108 valence electrons. The fourth-order valence-electron chi connectivity index (χ4n) is 2.88. The highest BCUT2D eigenvalue weighted by atomic mass is 35.5. The number of amides is 1. The average molecular weight is 298 g/mol. The molecule has 2 unspecified atom stereocenters.